The van der Waals surface area contributed by atoms with Gasteiger partial charge >= 0.3 is 5.97 Å². The van der Waals surface area contributed by atoms with Crippen molar-refractivity contribution in [1.82, 2.24) is 0 Å². The van der Waals surface area contributed by atoms with E-state index in [0.717, 1.165) is 60.7 Å². The van der Waals surface area contributed by atoms with Gasteiger partial charge in [-0.25, -0.2) is 4.79 Å². The molecule has 1 atom stereocenters. The SMILES string of the molecule is O=C(O)C1=NN(c2ccc(S(=O)(=O)O)cc2)C(=O)C1/N=N/c1ccc2c(O)c(/N=N/c3cc(OCCO)c(/N=N/c4ccc(S(=O)(=O)O)c5cc(S(=O)(=O)O)cc(O)c45)cc3OCCO)c(S(=O)(=O)O)cc2c1. The van der Waals surface area contributed by atoms with Gasteiger partial charge in [0.25, 0.3) is 46.4 Å². The molecule has 0 bridgehead atoms. The van der Waals surface area contributed by atoms with Crippen molar-refractivity contribution in [3.05, 3.63) is 84.9 Å². The van der Waals surface area contributed by atoms with Gasteiger partial charge < -0.3 is 35.0 Å². The summed E-state index contributed by atoms with van der Waals surface area (Å²) in [6.45, 7) is -2.01. The second-order valence-electron chi connectivity index (χ2n) is 14.7. The molecule has 0 radical (unpaired) electrons. The third kappa shape index (κ3) is 11.4. The number of carboxylic acid groups (broad SMARTS) is 1. The number of rotatable bonds is 18. The molecule has 1 unspecified atom stereocenters. The quantitative estimate of drug-likeness (QED) is 0.0408. The van der Waals surface area contributed by atoms with Gasteiger partial charge in [0.2, 0.25) is 6.04 Å². The average molecular weight is 1090 g/mol. The number of carbonyl (C=O) groups is 2. The number of phenolic OH excluding ortho intramolecular Hbond substituents is 2. The molecule has 0 saturated carbocycles. The summed E-state index contributed by atoms with van der Waals surface area (Å²) in [6, 6.07) is 11.6. The smallest absolute Gasteiger partial charge is 0.355 e. The summed E-state index contributed by atoms with van der Waals surface area (Å²) in [7, 11) is -20.0. The van der Waals surface area contributed by atoms with Gasteiger partial charge in [-0.1, -0.05) is 0 Å². The number of azo groups is 3. The zero-order valence-corrected chi connectivity index (χ0v) is 39.4. The lowest BCUT2D eigenvalue weighted by Gasteiger charge is -2.13. The highest BCUT2D eigenvalue weighted by molar-refractivity contribution is 7.86. The molecule has 7 rings (SSSR count). The largest absolute Gasteiger partial charge is 0.507 e. The first-order valence-corrected chi connectivity index (χ1v) is 25.6. The minimum absolute atomic E-state index is 0.101. The van der Waals surface area contributed by atoms with Crippen LogP contribution in [0.1, 0.15) is 0 Å². The van der Waals surface area contributed by atoms with Gasteiger partial charge in [-0.15, -0.1) is 20.5 Å². The Morgan fingerprint density at radius 1 is 0.616 bits per heavy atom. The van der Waals surface area contributed by atoms with Gasteiger partial charge in [-0.2, -0.15) is 54.0 Å². The fraction of sp³-hybridized carbons (Fsp3) is 0.125. The number of aliphatic carboxylic acids is 1. The van der Waals surface area contributed by atoms with Crippen LogP contribution in [-0.4, -0.2) is 127 Å². The normalized spacial score (nSPS) is 14.8. The van der Waals surface area contributed by atoms with Crippen molar-refractivity contribution in [2.45, 2.75) is 25.6 Å². The van der Waals surface area contributed by atoms with Crippen molar-refractivity contribution in [1.29, 1.82) is 0 Å². The van der Waals surface area contributed by atoms with Gasteiger partial charge in [0.15, 0.2) is 11.5 Å². The number of carboxylic acids is 1. The topological polar surface area (TPSA) is 461 Å². The summed E-state index contributed by atoms with van der Waals surface area (Å²) in [6.07, 6.45) is 0. The Labute approximate surface area is 409 Å². The molecule has 0 saturated heterocycles. The predicted molar refractivity (Wildman–Crippen MR) is 248 cm³/mol. The van der Waals surface area contributed by atoms with Gasteiger partial charge in [0.05, 0.1) is 45.5 Å². The Balaban J connectivity index is 1.26. The Kier molecular flexibility index (Phi) is 14.7. The molecular formula is C40H32N8O21S4. The predicted octanol–water partition coefficient (Wildman–Crippen LogP) is 4.90. The third-order valence-electron chi connectivity index (χ3n) is 9.95. The van der Waals surface area contributed by atoms with Crippen LogP contribution in [0.15, 0.2) is 140 Å². The number of aromatic hydroxyl groups is 2. The van der Waals surface area contributed by atoms with Crippen LogP contribution in [0, 0.1) is 0 Å². The molecule has 1 aliphatic heterocycles. The fourth-order valence-corrected chi connectivity index (χ4v) is 9.11. The van der Waals surface area contributed by atoms with Crippen molar-refractivity contribution >= 4 is 114 Å². The monoisotopic (exact) mass is 1090 g/mol. The molecule has 1 aliphatic rings. The number of anilines is 1. The Morgan fingerprint density at radius 3 is 1.74 bits per heavy atom. The van der Waals surface area contributed by atoms with E-state index >= 15 is 0 Å². The second kappa shape index (κ2) is 20.3. The number of hydrogen-bond donors (Lipinski definition) is 9. The van der Waals surface area contributed by atoms with Crippen LogP contribution in [0.25, 0.3) is 21.5 Å². The van der Waals surface area contributed by atoms with E-state index in [1.807, 2.05) is 0 Å². The maximum Gasteiger partial charge on any atom is 0.355 e. The lowest BCUT2D eigenvalue weighted by Crippen LogP contribution is -2.33. The van der Waals surface area contributed by atoms with Gasteiger partial charge in [-0.3, -0.25) is 23.0 Å². The summed E-state index contributed by atoms with van der Waals surface area (Å²) in [5.41, 5.74) is -2.85. The number of aliphatic hydroxyl groups is 2. The summed E-state index contributed by atoms with van der Waals surface area (Å²) in [5, 5.41) is 77.8. The molecule has 29 nitrogen and oxygen atoms in total. The maximum atomic E-state index is 13.3. The van der Waals surface area contributed by atoms with Crippen molar-refractivity contribution in [2.75, 3.05) is 31.4 Å². The first-order valence-electron chi connectivity index (χ1n) is 19.9. The molecule has 9 N–H and O–H groups in total. The van der Waals surface area contributed by atoms with Crippen LogP contribution in [-0.2, 0) is 50.1 Å². The first-order chi connectivity index (χ1) is 34.2. The zero-order valence-electron chi connectivity index (χ0n) is 36.1. The van der Waals surface area contributed by atoms with Crippen molar-refractivity contribution in [3.8, 4) is 23.0 Å². The maximum absolute atomic E-state index is 13.3. The van der Waals surface area contributed by atoms with Crippen molar-refractivity contribution in [3.63, 3.8) is 0 Å². The van der Waals surface area contributed by atoms with E-state index in [2.05, 4.69) is 35.8 Å². The summed E-state index contributed by atoms with van der Waals surface area (Å²) >= 11 is 0. The molecule has 1 amide bonds. The molecule has 6 aromatic carbocycles. The van der Waals surface area contributed by atoms with E-state index in [4.69, 9.17) is 9.47 Å². The van der Waals surface area contributed by atoms with E-state index in [9.17, 15) is 87.0 Å². The van der Waals surface area contributed by atoms with E-state index in [1.165, 1.54) is 12.1 Å². The Hall–Kier alpha value is -7.99. The summed E-state index contributed by atoms with van der Waals surface area (Å²) in [5.74, 6) is -5.11. The number of ether oxygens (including phenoxy) is 2. The fourth-order valence-electron chi connectivity index (χ4n) is 6.77. The van der Waals surface area contributed by atoms with Crippen LogP contribution in [0.2, 0.25) is 0 Å². The standard InChI is InChI=1S/C40H32N8O21S4/c49-9-11-68-30-18-28(31(69-12-10-50)17-27(30)43-42-26-7-8-32(72(62,63)64)25-15-23(71(59,60)61)16-29(51)34(25)26)44-45-35-33(73(65,66)67)14-19-13-20(1-6-24(19)38(35)52)41-46-36-37(40(54)55)47-48(39(36)53)21-2-4-22(5-3-21)70(56,57)58/h1-8,13-18,36,49-52H,9-12H2,(H,54,55)(H,56,57,58)(H,59,60,61)(H,62,63,64)(H,65,66,67)/b43-42+,45-44+,46-41+. The highest BCUT2D eigenvalue weighted by atomic mass is 32.2. The van der Waals surface area contributed by atoms with E-state index < -0.39 is 138 Å². The number of hydrogen-bond acceptors (Lipinski definition) is 23. The molecular weight excluding hydrogens is 1060 g/mol. The molecule has 1 heterocycles. The highest BCUT2D eigenvalue weighted by Gasteiger charge is 2.41. The van der Waals surface area contributed by atoms with Crippen molar-refractivity contribution < 1.29 is 96.5 Å². The van der Waals surface area contributed by atoms with Crippen LogP contribution >= 0.6 is 0 Å². The minimum Gasteiger partial charge on any atom is -0.507 e. The molecule has 6 aromatic rings. The van der Waals surface area contributed by atoms with Crippen LogP contribution in [0.5, 0.6) is 23.0 Å². The Morgan fingerprint density at radius 2 is 1.19 bits per heavy atom. The Bertz CT molecular complexity index is 3870. The zero-order chi connectivity index (χ0) is 53.4. The molecule has 0 aliphatic carbocycles. The average Bonchev–Trinajstić information content (AvgIpc) is 3.65. The van der Waals surface area contributed by atoms with Gasteiger partial charge in [0.1, 0.15) is 57.3 Å². The van der Waals surface area contributed by atoms with Crippen LogP contribution < -0.4 is 14.5 Å². The lowest BCUT2D eigenvalue weighted by atomic mass is 10.1. The molecule has 382 valence electrons. The lowest BCUT2D eigenvalue weighted by molar-refractivity contribution is -0.130. The molecule has 73 heavy (non-hydrogen) atoms. The van der Waals surface area contributed by atoms with Gasteiger partial charge in [-0.05, 0) is 72.1 Å². The van der Waals surface area contributed by atoms with Crippen LogP contribution in [0.4, 0.5) is 34.1 Å². The minimum atomic E-state index is -5.28. The number of hydrazone groups is 1. The number of carbonyl (C=O) groups excluding carboxylic acids is 1. The van der Waals surface area contributed by atoms with E-state index in [1.54, 1.807) is 0 Å². The molecule has 33 heteroatoms. The molecule has 0 aromatic heterocycles. The number of nitrogens with zero attached hydrogens (tertiary/aromatic N) is 8. The number of fused-ring (bicyclic) bond motifs is 2. The number of amides is 1. The van der Waals surface area contributed by atoms with Crippen LogP contribution in [0.3, 0.4) is 0 Å². The van der Waals surface area contributed by atoms with E-state index in [0.29, 0.717) is 17.1 Å². The molecule has 0 fully saturated rings. The second-order valence-corrected chi connectivity index (χ2v) is 20.3. The van der Waals surface area contributed by atoms with Crippen molar-refractivity contribution in [2.24, 2.45) is 35.8 Å². The first kappa shape index (κ1) is 52.8. The number of phenols is 2. The molecule has 0 spiro atoms. The number of aliphatic hydroxyl groups excluding tert-OH is 2. The highest BCUT2D eigenvalue weighted by Crippen LogP contribution is 2.46. The van der Waals surface area contributed by atoms with Gasteiger partial charge in [0, 0.05) is 29.0 Å². The third-order valence-corrected chi connectivity index (χ3v) is 13.4. The summed E-state index contributed by atoms with van der Waals surface area (Å²) in [4.78, 5) is 21.9. The summed E-state index contributed by atoms with van der Waals surface area (Å²) < 4.78 is 147. The van der Waals surface area contributed by atoms with E-state index in [-0.39, 0.29) is 50.7 Å². The number of benzene rings is 6.